The first-order valence-electron chi connectivity index (χ1n) is 9.90. The molecular formula is C24H18ClN3O4S. The number of thioether (sulfide) groups is 1. The maximum Gasteiger partial charge on any atom is 0.269 e. The van der Waals surface area contributed by atoms with Crippen LogP contribution in [0, 0.1) is 17.0 Å². The lowest BCUT2D eigenvalue weighted by Crippen LogP contribution is -2.19. The molecule has 3 aromatic rings. The Morgan fingerprint density at radius 2 is 1.91 bits per heavy atom. The van der Waals surface area contributed by atoms with Gasteiger partial charge in [-0.1, -0.05) is 29.8 Å². The van der Waals surface area contributed by atoms with Crippen LogP contribution >= 0.6 is 23.4 Å². The third kappa shape index (κ3) is 5.60. The Morgan fingerprint density at radius 1 is 1.15 bits per heavy atom. The Bertz CT molecular complexity index is 1290. The number of aryl methyl sites for hydroxylation is 1. The van der Waals surface area contributed by atoms with Crippen LogP contribution in [-0.4, -0.2) is 16.0 Å². The van der Waals surface area contributed by atoms with E-state index in [4.69, 9.17) is 16.3 Å². The molecule has 0 atom stereocenters. The minimum atomic E-state index is -0.442. The Morgan fingerprint density at radius 3 is 2.64 bits per heavy atom. The van der Waals surface area contributed by atoms with Gasteiger partial charge in [-0.25, -0.2) is 4.99 Å². The number of nitrogens with zero attached hydrogens (tertiary/aromatic N) is 2. The fourth-order valence-corrected chi connectivity index (χ4v) is 4.13. The van der Waals surface area contributed by atoms with E-state index in [0.29, 0.717) is 20.8 Å². The first-order valence-corrected chi connectivity index (χ1v) is 11.1. The van der Waals surface area contributed by atoms with E-state index in [1.54, 1.807) is 36.4 Å². The van der Waals surface area contributed by atoms with E-state index in [-0.39, 0.29) is 18.2 Å². The number of amidine groups is 1. The van der Waals surface area contributed by atoms with E-state index >= 15 is 0 Å². The van der Waals surface area contributed by atoms with E-state index in [9.17, 15) is 14.9 Å². The van der Waals surface area contributed by atoms with Gasteiger partial charge in [0.1, 0.15) is 12.4 Å². The Kier molecular flexibility index (Phi) is 6.76. The highest BCUT2D eigenvalue weighted by Gasteiger charge is 2.24. The minimum Gasteiger partial charge on any atom is -0.488 e. The highest BCUT2D eigenvalue weighted by atomic mass is 35.5. The number of rotatable bonds is 6. The van der Waals surface area contributed by atoms with Crippen molar-refractivity contribution in [1.82, 2.24) is 5.32 Å². The molecule has 1 saturated heterocycles. The molecule has 1 N–H and O–H groups in total. The van der Waals surface area contributed by atoms with Crippen molar-refractivity contribution in [3.05, 3.63) is 103 Å². The summed E-state index contributed by atoms with van der Waals surface area (Å²) in [5.74, 6) is 0.353. The summed E-state index contributed by atoms with van der Waals surface area (Å²) in [6.07, 6.45) is 1.75. The maximum atomic E-state index is 12.5. The van der Waals surface area contributed by atoms with Gasteiger partial charge in [-0.15, -0.1) is 0 Å². The largest absolute Gasteiger partial charge is 0.488 e. The van der Waals surface area contributed by atoms with Gasteiger partial charge in [0.05, 0.1) is 15.5 Å². The van der Waals surface area contributed by atoms with E-state index < -0.39 is 4.92 Å². The molecule has 0 radical (unpaired) electrons. The van der Waals surface area contributed by atoms with Gasteiger partial charge in [-0.3, -0.25) is 14.9 Å². The summed E-state index contributed by atoms with van der Waals surface area (Å²) in [6.45, 7) is 2.14. The van der Waals surface area contributed by atoms with Crippen molar-refractivity contribution in [2.24, 2.45) is 4.99 Å². The van der Waals surface area contributed by atoms with Crippen LogP contribution in [0.3, 0.4) is 0 Å². The summed E-state index contributed by atoms with van der Waals surface area (Å²) >= 11 is 7.24. The number of non-ortho nitro benzene ring substituents is 1. The molecule has 1 amide bonds. The summed E-state index contributed by atoms with van der Waals surface area (Å²) in [4.78, 5) is 27.9. The third-order valence-electron chi connectivity index (χ3n) is 4.78. The molecule has 1 fully saturated rings. The predicted octanol–water partition coefficient (Wildman–Crippen LogP) is 6.03. The number of nitro groups is 1. The quantitative estimate of drug-likeness (QED) is 0.265. The second kappa shape index (κ2) is 9.89. The zero-order chi connectivity index (χ0) is 23.4. The summed E-state index contributed by atoms with van der Waals surface area (Å²) in [5, 5.41) is 14.7. The number of carbonyl (C=O) groups is 1. The molecule has 0 aromatic heterocycles. The van der Waals surface area contributed by atoms with Crippen molar-refractivity contribution in [1.29, 1.82) is 0 Å². The normalized spacial score (nSPS) is 15.6. The number of nitro benzene ring substituents is 1. The molecule has 0 unspecified atom stereocenters. The van der Waals surface area contributed by atoms with Crippen LogP contribution in [0.15, 0.2) is 76.6 Å². The molecule has 33 heavy (non-hydrogen) atoms. The van der Waals surface area contributed by atoms with Gasteiger partial charge in [-0.2, -0.15) is 0 Å². The molecule has 0 spiro atoms. The van der Waals surface area contributed by atoms with Gasteiger partial charge in [-0.05, 0) is 72.3 Å². The Balaban J connectivity index is 1.50. The molecule has 1 aliphatic heterocycles. The van der Waals surface area contributed by atoms with Crippen molar-refractivity contribution in [3.8, 4) is 5.75 Å². The molecule has 166 valence electrons. The molecule has 0 bridgehead atoms. The van der Waals surface area contributed by atoms with Crippen LogP contribution in [-0.2, 0) is 11.4 Å². The second-order valence-electron chi connectivity index (χ2n) is 7.16. The standard InChI is InChI=1S/C24H18ClN3O4S/c1-15-12-18(25)8-11-20(15)26-24-27-23(29)22(33-24)13-17-4-2-3-5-21(17)32-14-16-6-9-19(10-7-16)28(30)31/h2-13H,14H2,1H3,(H,26,27,29)/b22-13-. The predicted molar refractivity (Wildman–Crippen MR) is 131 cm³/mol. The summed E-state index contributed by atoms with van der Waals surface area (Å²) in [7, 11) is 0. The monoisotopic (exact) mass is 479 g/mol. The number of halogens is 1. The van der Waals surface area contributed by atoms with Gasteiger partial charge in [0, 0.05) is 22.7 Å². The van der Waals surface area contributed by atoms with E-state index in [0.717, 1.165) is 22.4 Å². The lowest BCUT2D eigenvalue weighted by atomic mass is 10.1. The molecule has 3 aromatic carbocycles. The molecule has 0 saturated carbocycles. The molecule has 0 aliphatic carbocycles. The number of nitrogens with one attached hydrogen (secondary N) is 1. The highest BCUT2D eigenvalue weighted by molar-refractivity contribution is 8.18. The number of para-hydroxylation sites is 1. The third-order valence-corrected chi connectivity index (χ3v) is 5.92. The number of hydrogen-bond acceptors (Lipinski definition) is 6. The van der Waals surface area contributed by atoms with Crippen LogP contribution in [0.4, 0.5) is 11.4 Å². The van der Waals surface area contributed by atoms with E-state index in [1.165, 1.54) is 23.9 Å². The first-order chi connectivity index (χ1) is 15.9. The number of carbonyl (C=O) groups excluding carboxylic acids is 1. The van der Waals surface area contributed by atoms with Gasteiger partial charge in [0.25, 0.3) is 11.6 Å². The van der Waals surface area contributed by atoms with Crippen molar-refractivity contribution >= 4 is 51.9 Å². The van der Waals surface area contributed by atoms with Crippen molar-refractivity contribution < 1.29 is 14.5 Å². The topological polar surface area (TPSA) is 93.8 Å². The second-order valence-corrected chi connectivity index (χ2v) is 8.63. The lowest BCUT2D eigenvalue weighted by molar-refractivity contribution is -0.384. The number of aliphatic imine (C=N–C) groups is 1. The van der Waals surface area contributed by atoms with Crippen LogP contribution in [0.5, 0.6) is 5.75 Å². The summed E-state index contributed by atoms with van der Waals surface area (Å²) in [6, 6.07) is 18.9. The average Bonchev–Trinajstić information content (AvgIpc) is 3.14. The fourth-order valence-electron chi connectivity index (χ4n) is 3.08. The molecule has 7 nitrogen and oxygen atoms in total. The molecule has 4 rings (SSSR count). The number of hydrogen-bond donors (Lipinski definition) is 1. The zero-order valence-electron chi connectivity index (χ0n) is 17.4. The first kappa shape index (κ1) is 22.6. The van der Waals surface area contributed by atoms with Gasteiger partial charge in [0.2, 0.25) is 0 Å². The smallest absolute Gasteiger partial charge is 0.269 e. The number of ether oxygens (including phenoxy) is 1. The van der Waals surface area contributed by atoms with Crippen LogP contribution in [0.2, 0.25) is 5.02 Å². The zero-order valence-corrected chi connectivity index (χ0v) is 19.0. The Hall–Kier alpha value is -3.62. The average molecular weight is 480 g/mol. The molecule has 1 aliphatic rings. The van der Waals surface area contributed by atoms with Crippen LogP contribution in [0.1, 0.15) is 16.7 Å². The fraction of sp³-hybridized carbons (Fsp3) is 0.0833. The van der Waals surface area contributed by atoms with Crippen LogP contribution in [0.25, 0.3) is 6.08 Å². The summed E-state index contributed by atoms with van der Waals surface area (Å²) < 4.78 is 5.92. The highest BCUT2D eigenvalue weighted by Crippen LogP contribution is 2.32. The van der Waals surface area contributed by atoms with E-state index in [1.807, 2.05) is 31.2 Å². The molecular weight excluding hydrogens is 462 g/mol. The van der Waals surface area contributed by atoms with Crippen LogP contribution < -0.4 is 10.1 Å². The number of amides is 1. The van der Waals surface area contributed by atoms with Gasteiger partial charge in [0.15, 0.2) is 5.17 Å². The van der Waals surface area contributed by atoms with Gasteiger partial charge >= 0.3 is 0 Å². The minimum absolute atomic E-state index is 0.0272. The van der Waals surface area contributed by atoms with Crippen molar-refractivity contribution in [2.45, 2.75) is 13.5 Å². The maximum absolute atomic E-state index is 12.5. The SMILES string of the molecule is Cc1cc(Cl)ccc1N=C1NC(=O)/C(=C/c2ccccc2OCc2ccc([N+](=O)[O-])cc2)S1. The van der Waals surface area contributed by atoms with E-state index in [2.05, 4.69) is 10.3 Å². The lowest BCUT2D eigenvalue weighted by Gasteiger charge is -2.09. The molecule has 9 heteroatoms. The number of benzene rings is 3. The molecule has 1 heterocycles. The van der Waals surface area contributed by atoms with Crippen molar-refractivity contribution in [2.75, 3.05) is 0 Å². The van der Waals surface area contributed by atoms with Gasteiger partial charge < -0.3 is 10.1 Å². The Labute approximate surface area is 199 Å². The van der Waals surface area contributed by atoms with Crippen molar-refractivity contribution in [3.63, 3.8) is 0 Å². The summed E-state index contributed by atoms with van der Waals surface area (Å²) in [5.41, 5.74) is 3.20.